The summed E-state index contributed by atoms with van der Waals surface area (Å²) in [5.41, 5.74) is 3.37. The van der Waals surface area contributed by atoms with Crippen LogP contribution in [0.3, 0.4) is 0 Å². The maximum Gasteiger partial charge on any atom is 0.261 e. The van der Waals surface area contributed by atoms with Crippen LogP contribution in [0.1, 0.15) is 21.5 Å². The second-order valence-corrected chi connectivity index (χ2v) is 6.31. The normalized spacial score (nSPS) is 10.3. The predicted molar refractivity (Wildman–Crippen MR) is 108 cm³/mol. The molecule has 0 aliphatic carbocycles. The first-order valence-electron chi connectivity index (χ1n) is 8.78. The predicted octanol–water partition coefficient (Wildman–Crippen LogP) is 4.86. The van der Waals surface area contributed by atoms with E-state index in [4.69, 9.17) is 9.47 Å². The van der Waals surface area contributed by atoms with Crippen LogP contribution in [0.4, 0.5) is 5.69 Å². The summed E-state index contributed by atoms with van der Waals surface area (Å²) >= 11 is 0. The second kappa shape index (κ2) is 8.41. The number of carbonyl (C=O) groups is 1. The third-order valence-corrected chi connectivity index (χ3v) is 4.36. The van der Waals surface area contributed by atoms with E-state index >= 15 is 0 Å². The summed E-state index contributed by atoms with van der Waals surface area (Å²) in [5, 5.41) is 0. The van der Waals surface area contributed by atoms with Crippen molar-refractivity contribution in [3.63, 3.8) is 0 Å². The highest BCUT2D eigenvalue weighted by molar-refractivity contribution is 6.08. The molecule has 0 saturated heterocycles. The molecule has 27 heavy (non-hydrogen) atoms. The average molecular weight is 361 g/mol. The summed E-state index contributed by atoms with van der Waals surface area (Å²) < 4.78 is 11.4. The lowest BCUT2D eigenvalue weighted by Crippen LogP contribution is -2.27. The lowest BCUT2D eigenvalue weighted by atomic mass is 10.1. The van der Waals surface area contributed by atoms with Crippen LogP contribution in [-0.4, -0.2) is 20.1 Å². The summed E-state index contributed by atoms with van der Waals surface area (Å²) in [7, 11) is 3.31. The minimum atomic E-state index is -0.152. The standard InChI is InChI=1S/C23H23NO3/c1-17-13-14-20(22(15-17)27-16-18-9-5-4-6-10-18)24(2)23(25)19-11-7-8-12-21(19)26-3/h4-15H,16H2,1-3H3. The number of aryl methyl sites for hydroxylation is 1. The minimum absolute atomic E-state index is 0.152. The Kier molecular flexibility index (Phi) is 5.77. The monoisotopic (exact) mass is 361 g/mol. The summed E-state index contributed by atoms with van der Waals surface area (Å²) in [4.78, 5) is 14.6. The van der Waals surface area contributed by atoms with E-state index in [2.05, 4.69) is 0 Å². The number of anilines is 1. The molecular formula is C23H23NO3. The fourth-order valence-corrected chi connectivity index (χ4v) is 2.86. The smallest absolute Gasteiger partial charge is 0.261 e. The van der Waals surface area contributed by atoms with Crippen molar-refractivity contribution < 1.29 is 14.3 Å². The van der Waals surface area contributed by atoms with E-state index in [0.717, 1.165) is 11.1 Å². The highest BCUT2D eigenvalue weighted by Crippen LogP contribution is 2.31. The molecule has 1 amide bonds. The number of para-hydroxylation sites is 1. The number of benzene rings is 3. The first-order valence-corrected chi connectivity index (χ1v) is 8.78. The van der Waals surface area contributed by atoms with Crippen LogP contribution >= 0.6 is 0 Å². The third kappa shape index (κ3) is 4.29. The van der Waals surface area contributed by atoms with E-state index < -0.39 is 0 Å². The molecule has 0 heterocycles. The van der Waals surface area contributed by atoms with Gasteiger partial charge in [-0.15, -0.1) is 0 Å². The zero-order chi connectivity index (χ0) is 19.2. The van der Waals surface area contributed by atoms with Gasteiger partial charge in [0.2, 0.25) is 0 Å². The van der Waals surface area contributed by atoms with Crippen molar-refractivity contribution in [2.24, 2.45) is 0 Å². The Morgan fingerprint density at radius 1 is 0.926 bits per heavy atom. The van der Waals surface area contributed by atoms with Crippen LogP contribution in [0, 0.1) is 6.92 Å². The molecule has 0 bridgehead atoms. The molecule has 0 unspecified atom stereocenters. The Labute approximate surface area is 160 Å². The van der Waals surface area contributed by atoms with E-state index in [1.807, 2.05) is 67.6 Å². The number of rotatable bonds is 6. The zero-order valence-corrected chi connectivity index (χ0v) is 15.8. The summed E-state index contributed by atoms with van der Waals surface area (Å²) in [6, 6.07) is 23.0. The van der Waals surface area contributed by atoms with Crippen LogP contribution in [0.25, 0.3) is 0 Å². The van der Waals surface area contributed by atoms with E-state index in [0.29, 0.717) is 29.4 Å². The Morgan fingerprint density at radius 3 is 2.37 bits per heavy atom. The Morgan fingerprint density at radius 2 is 1.63 bits per heavy atom. The van der Waals surface area contributed by atoms with Crippen LogP contribution in [0.2, 0.25) is 0 Å². The van der Waals surface area contributed by atoms with Crippen molar-refractivity contribution >= 4 is 11.6 Å². The number of hydrogen-bond donors (Lipinski definition) is 0. The number of carbonyl (C=O) groups excluding carboxylic acids is 1. The van der Waals surface area contributed by atoms with Crippen LogP contribution < -0.4 is 14.4 Å². The molecule has 138 valence electrons. The second-order valence-electron chi connectivity index (χ2n) is 6.31. The number of ether oxygens (including phenoxy) is 2. The van der Waals surface area contributed by atoms with Gasteiger partial charge >= 0.3 is 0 Å². The maximum absolute atomic E-state index is 13.0. The fourth-order valence-electron chi connectivity index (χ4n) is 2.86. The van der Waals surface area contributed by atoms with E-state index in [1.165, 1.54) is 0 Å². The van der Waals surface area contributed by atoms with Gasteiger partial charge in [-0.3, -0.25) is 4.79 Å². The van der Waals surface area contributed by atoms with Gasteiger partial charge in [0.1, 0.15) is 18.1 Å². The molecule has 4 heteroatoms. The van der Waals surface area contributed by atoms with Crippen molar-refractivity contribution in [3.8, 4) is 11.5 Å². The van der Waals surface area contributed by atoms with E-state index in [-0.39, 0.29) is 5.91 Å². The van der Waals surface area contributed by atoms with Gasteiger partial charge in [-0.1, -0.05) is 48.5 Å². The van der Waals surface area contributed by atoms with Crippen molar-refractivity contribution in [1.29, 1.82) is 0 Å². The van der Waals surface area contributed by atoms with Crippen molar-refractivity contribution in [3.05, 3.63) is 89.5 Å². The fraction of sp³-hybridized carbons (Fsp3) is 0.174. The largest absolute Gasteiger partial charge is 0.496 e. The summed E-state index contributed by atoms with van der Waals surface area (Å²) in [6.07, 6.45) is 0. The lowest BCUT2D eigenvalue weighted by Gasteiger charge is -2.22. The Hall–Kier alpha value is -3.27. The maximum atomic E-state index is 13.0. The molecule has 3 aromatic carbocycles. The number of nitrogens with zero attached hydrogens (tertiary/aromatic N) is 1. The van der Waals surface area contributed by atoms with Gasteiger partial charge in [0, 0.05) is 7.05 Å². The zero-order valence-electron chi connectivity index (χ0n) is 15.8. The summed E-state index contributed by atoms with van der Waals surface area (Å²) in [5.74, 6) is 1.07. The van der Waals surface area contributed by atoms with Gasteiger partial charge in [-0.25, -0.2) is 0 Å². The molecule has 0 aromatic heterocycles. The molecule has 4 nitrogen and oxygen atoms in total. The van der Waals surface area contributed by atoms with Gasteiger partial charge in [-0.05, 0) is 42.3 Å². The average Bonchev–Trinajstić information content (AvgIpc) is 2.72. The highest BCUT2D eigenvalue weighted by Gasteiger charge is 2.20. The molecule has 0 radical (unpaired) electrons. The number of hydrogen-bond acceptors (Lipinski definition) is 3. The van der Waals surface area contributed by atoms with Crippen molar-refractivity contribution in [2.45, 2.75) is 13.5 Å². The first-order chi connectivity index (χ1) is 13.1. The van der Waals surface area contributed by atoms with E-state index in [9.17, 15) is 4.79 Å². The third-order valence-electron chi connectivity index (χ3n) is 4.36. The summed E-state index contributed by atoms with van der Waals surface area (Å²) in [6.45, 7) is 2.44. The van der Waals surface area contributed by atoms with Gasteiger partial charge in [-0.2, -0.15) is 0 Å². The Balaban J connectivity index is 1.88. The van der Waals surface area contributed by atoms with Gasteiger partial charge in [0.25, 0.3) is 5.91 Å². The molecule has 0 saturated carbocycles. The van der Waals surface area contributed by atoms with Gasteiger partial charge in [0.05, 0.1) is 18.4 Å². The molecule has 0 aliphatic rings. The lowest BCUT2D eigenvalue weighted by molar-refractivity contribution is 0.0989. The van der Waals surface area contributed by atoms with E-state index in [1.54, 1.807) is 31.2 Å². The highest BCUT2D eigenvalue weighted by atomic mass is 16.5. The van der Waals surface area contributed by atoms with Gasteiger partial charge < -0.3 is 14.4 Å². The molecule has 0 spiro atoms. The molecular weight excluding hydrogens is 338 g/mol. The number of methoxy groups -OCH3 is 1. The molecule has 0 atom stereocenters. The molecule has 0 N–H and O–H groups in total. The topological polar surface area (TPSA) is 38.8 Å². The SMILES string of the molecule is COc1ccccc1C(=O)N(C)c1ccc(C)cc1OCc1ccccc1. The van der Waals surface area contributed by atoms with Crippen molar-refractivity contribution in [1.82, 2.24) is 0 Å². The van der Waals surface area contributed by atoms with Gasteiger partial charge in [0.15, 0.2) is 0 Å². The quantitative estimate of drug-likeness (QED) is 0.629. The van der Waals surface area contributed by atoms with Crippen LogP contribution in [0.5, 0.6) is 11.5 Å². The first kappa shape index (κ1) is 18.5. The molecule has 3 aromatic rings. The van der Waals surface area contributed by atoms with Crippen LogP contribution in [0.15, 0.2) is 72.8 Å². The molecule has 0 fully saturated rings. The van der Waals surface area contributed by atoms with Crippen molar-refractivity contribution in [2.75, 3.05) is 19.1 Å². The number of amides is 1. The molecule has 0 aliphatic heterocycles. The minimum Gasteiger partial charge on any atom is -0.496 e. The Bertz CT molecular complexity index is 922. The van der Waals surface area contributed by atoms with Crippen LogP contribution in [-0.2, 0) is 6.61 Å². The molecule has 3 rings (SSSR count).